The van der Waals surface area contributed by atoms with Crippen LogP contribution in [0.5, 0.6) is 0 Å². The van der Waals surface area contributed by atoms with Crippen molar-refractivity contribution in [2.45, 2.75) is 39.8 Å². The summed E-state index contributed by atoms with van der Waals surface area (Å²) < 4.78 is 5.22. The van der Waals surface area contributed by atoms with Crippen LogP contribution in [0.2, 0.25) is 0 Å². The molecule has 0 saturated carbocycles. The van der Waals surface area contributed by atoms with Crippen LogP contribution in [0.3, 0.4) is 0 Å². The monoisotopic (exact) mass is 408 g/mol. The lowest BCUT2D eigenvalue weighted by Crippen LogP contribution is -2.38. The number of aromatic nitrogens is 3. The zero-order valence-electron chi connectivity index (χ0n) is 16.1. The third-order valence-electron chi connectivity index (χ3n) is 4.50. The maximum Gasteiger partial charge on any atom is 0.194 e. The maximum absolute atomic E-state index is 4.65. The van der Waals surface area contributed by atoms with Gasteiger partial charge in [-0.15, -0.1) is 0 Å². The number of aliphatic imine (C=N–C) groups is 1. The molecule has 0 bridgehead atoms. The molecule has 0 unspecified atom stereocenters. The van der Waals surface area contributed by atoms with Crippen LogP contribution in [-0.4, -0.2) is 39.3 Å². The molecule has 6 nitrogen and oxygen atoms in total. The maximum atomic E-state index is 4.65. The van der Waals surface area contributed by atoms with Gasteiger partial charge in [-0.1, -0.05) is 13.8 Å². The summed E-state index contributed by atoms with van der Waals surface area (Å²) in [6.45, 7) is 5.86. The molecule has 2 heterocycles. The molecule has 0 aromatic carbocycles. The van der Waals surface area contributed by atoms with Crippen LogP contribution in [0.1, 0.15) is 36.5 Å². The van der Waals surface area contributed by atoms with E-state index in [2.05, 4.69) is 81.0 Å². The first kappa shape index (κ1) is 19.6. The Labute approximate surface area is 159 Å². The van der Waals surface area contributed by atoms with Crippen LogP contribution in [0.4, 0.5) is 0 Å². The van der Waals surface area contributed by atoms with E-state index in [-0.39, 0.29) is 0 Å². The normalized spacial score (nSPS) is 11.9. The number of nitrogens with zero attached hydrogens (tertiary/aromatic N) is 5. The molecule has 0 radical (unpaired) electrons. The van der Waals surface area contributed by atoms with Crippen LogP contribution in [-0.2, 0) is 40.0 Å². The Bertz CT molecular complexity index is 743. The molecule has 2 aromatic heterocycles. The summed E-state index contributed by atoms with van der Waals surface area (Å²) in [7, 11) is 7.96. The zero-order valence-corrected chi connectivity index (χ0v) is 17.7. The van der Waals surface area contributed by atoms with Gasteiger partial charge in [-0.2, -0.15) is 5.10 Å². The van der Waals surface area contributed by atoms with Crippen LogP contribution in [0.15, 0.2) is 21.7 Å². The molecule has 0 spiro atoms. The molecule has 0 aliphatic carbocycles. The number of hydrogen-bond acceptors (Lipinski definition) is 2. The third kappa shape index (κ3) is 4.45. The van der Waals surface area contributed by atoms with Crippen molar-refractivity contribution in [1.82, 2.24) is 24.6 Å². The first-order valence-electron chi connectivity index (χ1n) is 8.67. The van der Waals surface area contributed by atoms with Gasteiger partial charge in [0, 0.05) is 62.4 Å². The van der Waals surface area contributed by atoms with E-state index in [0.717, 1.165) is 42.1 Å². The van der Waals surface area contributed by atoms with Gasteiger partial charge in [0.15, 0.2) is 5.96 Å². The average molecular weight is 409 g/mol. The van der Waals surface area contributed by atoms with Crippen LogP contribution in [0, 0.1) is 0 Å². The van der Waals surface area contributed by atoms with Gasteiger partial charge >= 0.3 is 0 Å². The summed E-state index contributed by atoms with van der Waals surface area (Å²) in [6.07, 6.45) is 3.99. The highest BCUT2D eigenvalue weighted by atomic mass is 79.9. The van der Waals surface area contributed by atoms with E-state index < -0.39 is 0 Å². The van der Waals surface area contributed by atoms with Gasteiger partial charge in [0.25, 0.3) is 0 Å². The third-order valence-corrected chi connectivity index (χ3v) is 4.93. The molecule has 0 amide bonds. The van der Waals surface area contributed by atoms with Crippen LogP contribution >= 0.6 is 15.9 Å². The molecule has 7 heteroatoms. The predicted octanol–water partition coefficient (Wildman–Crippen LogP) is 2.85. The van der Waals surface area contributed by atoms with E-state index in [0.29, 0.717) is 0 Å². The minimum absolute atomic E-state index is 0.744. The second kappa shape index (κ2) is 8.56. The predicted molar refractivity (Wildman–Crippen MR) is 107 cm³/mol. The topological polar surface area (TPSA) is 50.4 Å². The second-order valence-electron chi connectivity index (χ2n) is 6.22. The van der Waals surface area contributed by atoms with Crippen molar-refractivity contribution in [1.29, 1.82) is 0 Å². The quantitative estimate of drug-likeness (QED) is 0.590. The largest absolute Gasteiger partial charge is 0.352 e. The van der Waals surface area contributed by atoms with Crippen molar-refractivity contribution in [2.24, 2.45) is 19.1 Å². The highest BCUT2D eigenvalue weighted by Gasteiger charge is 2.15. The van der Waals surface area contributed by atoms with E-state index >= 15 is 0 Å². The van der Waals surface area contributed by atoms with E-state index in [1.807, 2.05) is 18.8 Å². The lowest BCUT2D eigenvalue weighted by atomic mass is 10.1. The molecule has 138 valence electrons. The van der Waals surface area contributed by atoms with E-state index in [1.54, 1.807) is 0 Å². The molecule has 1 N–H and O–H groups in total. The molecule has 0 atom stereocenters. The highest BCUT2D eigenvalue weighted by molar-refractivity contribution is 9.10. The smallest absolute Gasteiger partial charge is 0.194 e. The van der Waals surface area contributed by atoms with Crippen molar-refractivity contribution in [3.05, 3.63) is 39.4 Å². The summed E-state index contributed by atoms with van der Waals surface area (Å²) in [5.41, 5.74) is 4.97. The molecule has 25 heavy (non-hydrogen) atoms. The summed E-state index contributed by atoms with van der Waals surface area (Å²) in [5, 5.41) is 8.14. The Morgan fingerprint density at radius 2 is 2.04 bits per heavy atom. The minimum Gasteiger partial charge on any atom is -0.352 e. The summed E-state index contributed by atoms with van der Waals surface area (Å²) in [6, 6.07) is 2.13. The highest BCUT2D eigenvalue weighted by Crippen LogP contribution is 2.16. The summed E-state index contributed by atoms with van der Waals surface area (Å²) in [4.78, 5) is 6.57. The molecule has 0 aliphatic rings. The van der Waals surface area contributed by atoms with Gasteiger partial charge in [-0.3, -0.25) is 9.67 Å². The SMILES string of the molecule is CCc1nn(C)c(CC)c1CNC(=NC)N(C)Cc1cc(Br)cn1C. The summed E-state index contributed by atoms with van der Waals surface area (Å²) in [5.74, 6) is 0.880. The number of hydrogen-bond donors (Lipinski definition) is 1. The number of halogens is 1. The average Bonchev–Trinajstić information content (AvgIpc) is 3.06. The molecular weight excluding hydrogens is 380 g/mol. The number of rotatable bonds is 6. The Hall–Kier alpha value is -1.76. The van der Waals surface area contributed by atoms with Gasteiger partial charge < -0.3 is 14.8 Å². The molecule has 0 aliphatic heterocycles. The molecule has 2 rings (SSSR count). The molecular formula is C18H29BrN6. The van der Waals surface area contributed by atoms with E-state index in [4.69, 9.17) is 0 Å². The minimum atomic E-state index is 0.744. The number of guanidine groups is 1. The fourth-order valence-electron chi connectivity index (χ4n) is 3.19. The fourth-order valence-corrected chi connectivity index (χ4v) is 3.76. The van der Waals surface area contributed by atoms with E-state index in [9.17, 15) is 0 Å². The molecule has 0 fully saturated rings. The lowest BCUT2D eigenvalue weighted by molar-refractivity contribution is 0.461. The Morgan fingerprint density at radius 1 is 1.32 bits per heavy atom. The lowest BCUT2D eigenvalue weighted by Gasteiger charge is -2.22. The van der Waals surface area contributed by atoms with Crippen molar-refractivity contribution in [3.63, 3.8) is 0 Å². The fraction of sp³-hybridized carbons (Fsp3) is 0.556. The Balaban J connectivity index is 2.09. The van der Waals surface area contributed by atoms with Gasteiger partial charge in [0.2, 0.25) is 0 Å². The van der Waals surface area contributed by atoms with Crippen molar-refractivity contribution >= 4 is 21.9 Å². The zero-order chi connectivity index (χ0) is 18.6. The van der Waals surface area contributed by atoms with Crippen LogP contribution < -0.4 is 5.32 Å². The van der Waals surface area contributed by atoms with Gasteiger partial charge in [0.1, 0.15) is 0 Å². The first-order chi connectivity index (χ1) is 11.9. The molecule has 2 aromatic rings. The second-order valence-corrected chi connectivity index (χ2v) is 7.14. The Kier molecular flexibility index (Phi) is 6.70. The van der Waals surface area contributed by atoms with Crippen molar-refractivity contribution in [3.8, 4) is 0 Å². The van der Waals surface area contributed by atoms with E-state index in [1.165, 1.54) is 17.0 Å². The first-order valence-corrected chi connectivity index (χ1v) is 9.46. The number of nitrogens with one attached hydrogen (secondary N) is 1. The van der Waals surface area contributed by atoms with Gasteiger partial charge in [-0.05, 0) is 34.8 Å². The summed E-state index contributed by atoms with van der Waals surface area (Å²) >= 11 is 3.53. The standard InChI is InChI=1S/C18H29BrN6/c1-7-16-15(17(8-2)25(6)22-16)10-21-18(20-3)24(5)12-14-9-13(19)11-23(14)4/h9,11H,7-8,10,12H2,1-6H3,(H,20,21). The van der Waals surface area contributed by atoms with Gasteiger partial charge in [-0.25, -0.2) is 0 Å². The van der Waals surface area contributed by atoms with Crippen molar-refractivity contribution in [2.75, 3.05) is 14.1 Å². The Morgan fingerprint density at radius 3 is 2.56 bits per heavy atom. The number of aryl methyl sites for hydroxylation is 3. The van der Waals surface area contributed by atoms with Crippen molar-refractivity contribution < 1.29 is 0 Å². The van der Waals surface area contributed by atoms with Gasteiger partial charge in [0.05, 0.1) is 12.2 Å². The molecule has 0 saturated heterocycles. The van der Waals surface area contributed by atoms with Crippen LogP contribution in [0.25, 0.3) is 0 Å².